The first-order valence-corrected chi connectivity index (χ1v) is 11.8. The number of hydrogen-bond donors (Lipinski definition) is 2. The summed E-state index contributed by atoms with van der Waals surface area (Å²) in [6, 6.07) is 24.2. The summed E-state index contributed by atoms with van der Waals surface area (Å²) in [6.07, 6.45) is 5.26. The number of likely N-dealkylation sites (tertiary alicyclic amines) is 1. The summed E-state index contributed by atoms with van der Waals surface area (Å²) in [5, 5.41) is 11.8. The van der Waals surface area contributed by atoms with Crippen LogP contribution in [0.1, 0.15) is 42.5 Å². The van der Waals surface area contributed by atoms with E-state index >= 15 is 0 Å². The molecule has 2 aromatic carbocycles. The van der Waals surface area contributed by atoms with Crippen molar-refractivity contribution in [2.45, 2.75) is 36.7 Å². The van der Waals surface area contributed by atoms with Gasteiger partial charge >= 0.3 is 0 Å². The van der Waals surface area contributed by atoms with Crippen molar-refractivity contribution in [1.29, 1.82) is 0 Å². The van der Waals surface area contributed by atoms with E-state index in [1.807, 2.05) is 48.7 Å². The zero-order valence-corrected chi connectivity index (χ0v) is 21.7. The number of aromatic nitrogens is 1. The molecule has 0 spiro atoms. The molecule has 1 atom stereocenters. The van der Waals surface area contributed by atoms with E-state index < -0.39 is 5.60 Å². The summed E-state index contributed by atoms with van der Waals surface area (Å²) in [6.45, 7) is 3.26. The van der Waals surface area contributed by atoms with Crippen LogP contribution < -0.4 is 5.73 Å². The van der Waals surface area contributed by atoms with Crippen molar-refractivity contribution in [2.24, 2.45) is 5.73 Å². The van der Waals surface area contributed by atoms with Gasteiger partial charge in [-0.1, -0.05) is 60.1 Å². The lowest BCUT2D eigenvalue weighted by Gasteiger charge is -2.39. The summed E-state index contributed by atoms with van der Waals surface area (Å²) in [5.41, 5.74) is 8.56. The highest BCUT2D eigenvalue weighted by atomic mass is 35.5. The maximum atomic E-state index is 11.1. The minimum atomic E-state index is -0.764. The summed E-state index contributed by atoms with van der Waals surface area (Å²) in [4.78, 5) is 7.14. The molecule has 0 radical (unpaired) electrons. The number of piperidine rings is 1. The third-order valence-corrected chi connectivity index (χ3v) is 7.22. The zero-order valence-electron chi connectivity index (χ0n) is 19.3. The fourth-order valence-electron chi connectivity index (χ4n) is 4.95. The lowest BCUT2D eigenvalue weighted by atomic mass is 9.73. The van der Waals surface area contributed by atoms with Gasteiger partial charge < -0.3 is 15.7 Å². The van der Waals surface area contributed by atoms with Crippen molar-refractivity contribution < 1.29 is 5.11 Å². The van der Waals surface area contributed by atoms with Crippen molar-refractivity contribution in [3.8, 4) is 0 Å². The molecule has 1 aromatic heterocycles. The van der Waals surface area contributed by atoms with Crippen molar-refractivity contribution in [2.75, 3.05) is 26.2 Å². The van der Waals surface area contributed by atoms with Gasteiger partial charge in [-0.05, 0) is 67.6 Å². The minimum Gasteiger partial charge on any atom is -0.385 e. The van der Waals surface area contributed by atoms with Gasteiger partial charge in [0.15, 0.2) is 0 Å². The summed E-state index contributed by atoms with van der Waals surface area (Å²) in [5.74, 6) is 0. The van der Waals surface area contributed by atoms with E-state index in [9.17, 15) is 5.11 Å². The maximum Gasteiger partial charge on any atom is 0.0920 e. The molecule has 1 unspecified atom stereocenters. The predicted molar refractivity (Wildman–Crippen MR) is 145 cm³/mol. The molecule has 1 aliphatic heterocycles. The molecule has 0 amide bonds. The van der Waals surface area contributed by atoms with Gasteiger partial charge in [0.25, 0.3) is 0 Å². The molecule has 1 aliphatic rings. The molecule has 1 saturated heterocycles. The van der Waals surface area contributed by atoms with Gasteiger partial charge in [0.2, 0.25) is 0 Å². The topological polar surface area (TPSA) is 62.4 Å². The van der Waals surface area contributed by atoms with Crippen LogP contribution in [0.2, 0.25) is 5.02 Å². The molecule has 4 rings (SSSR count). The Balaban J connectivity index is 0.00000204. The molecule has 1 fully saturated rings. The highest BCUT2D eigenvalue weighted by Crippen LogP contribution is 2.36. The van der Waals surface area contributed by atoms with Gasteiger partial charge in [-0.2, -0.15) is 0 Å². The number of benzene rings is 2. The van der Waals surface area contributed by atoms with E-state index in [-0.39, 0.29) is 30.2 Å². The van der Waals surface area contributed by atoms with E-state index in [0.717, 1.165) is 56.6 Å². The summed E-state index contributed by atoms with van der Waals surface area (Å²) < 4.78 is 0. The van der Waals surface area contributed by atoms with Crippen molar-refractivity contribution in [1.82, 2.24) is 9.88 Å². The smallest absolute Gasteiger partial charge is 0.0920 e. The maximum absolute atomic E-state index is 11.1. The number of halogens is 3. The van der Waals surface area contributed by atoms with E-state index in [1.54, 1.807) is 0 Å². The zero-order chi connectivity index (χ0) is 22.4. The first kappa shape index (κ1) is 28.6. The Morgan fingerprint density at radius 2 is 1.59 bits per heavy atom. The molecule has 7 heteroatoms. The predicted octanol–water partition coefficient (Wildman–Crippen LogP) is 5.59. The molecule has 0 saturated carbocycles. The largest absolute Gasteiger partial charge is 0.385 e. The first-order valence-electron chi connectivity index (χ1n) is 11.4. The van der Waals surface area contributed by atoms with Crippen LogP contribution in [0.4, 0.5) is 0 Å². The number of pyridine rings is 1. The summed E-state index contributed by atoms with van der Waals surface area (Å²) in [7, 11) is 0. The quantitative estimate of drug-likeness (QED) is 0.405. The Morgan fingerprint density at radius 3 is 2.18 bits per heavy atom. The third-order valence-electron chi connectivity index (χ3n) is 6.97. The molecule has 0 aliphatic carbocycles. The lowest BCUT2D eigenvalue weighted by molar-refractivity contribution is -0.0262. The van der Waals surface area contributed by atoms with Crippen LogP contribution >= 0.6 is 36.4 Å². The van der Waals surface area contributed by atoms with Gasteiger partial charge in [0, 0.05) is 36.3 Å². The van der Waals surface area contributed by atoms with E-state index in [4.69, 9.17) is 17.3 Å². The molecule has 4 nitrogen and oxygen atoms in total. The van der Waals surface area contributed by atoms with Gasteiger partial charge in [-0.15, -0.1) is 24.8 Å². The Labute approximate surface area is 220 Å². The Morgan fingerprint density at radius 1 is 0.941 bits per heavy atom. The van der Waals surface area contributed by atoms with Crippen LogP contribution in [0.3, 0.4) is 0 Å². The minimum absolute atomic E-state index is 0. The van der Waals surface area contributed by atoms with Crippen LogP contribution in [0.25, 0.3) is 0 Å². The molecule has 184 valence electrons. The molecular weight excluding hydrogens is 489 g/mol. The number of rotatable bonds is 8. The van der Waals surface area contributed by atoms with Gasteiger partial charge in [-0.3, -0.25) is 4.98 Å². The first-order chi connectivity index (χ1) is 15.6. The fourth-order valence-corrected chi connectivity index (χ4v) is 5.07. The SMILES string of the molecule is Cl.Cl.NCC(CCCN1CCC(O)(c2ccc(Cl)cc2)CC1)(c1ccccc1)c1ccccn1. The van der Waals surface area contributed by atoms with Crippen molar-refractivity contribution in [3.05, 3.63) is 101 Å². The highest BCUT2D eigenvalue weighted by molar-refractivity contribution is 6.30. The molecule has 0 bridgehead atoms. The number of nitrogens with two attached hydrogens (primary N) is 1. The molecule has 2 heterocycles. The van der Waals surface area contributed by atoms with E-state index in [1.165, 1.54) is 5.56 Å². The number of nitrogens with zero attached hydrogens (tertiary/aromatic N) is 2. The molecule has 34 heavy (non-hydrogen) atoms. The van der Waals surface area contributed by atoms with E-state index in [2.05, 4.69) is 40.2 Å². The monoisotopic (exact) mass is 521 g/mol. The number of hydrogen-bond acceptors (Lipinski definition) is 4. The molecule has 3 N–H and O–H groups in total. The summed E-state index contributed by atoms with van der Waals surface area (Å²) >= 11 is 6.01. The Kier molecular flexibility index (Phi) is 10.8. The second-order valence-electron chi connectivity index (χ2n) is 8.85. The van der Waals surface area contributed by atoms with E-state index in [0.29, 0.717) is 11.6 Å². The van der Waals surface area contributed by atoms with Gasteiger partial charge in [0.1, 0.15) is 0 Å². The molecule has 3 aromatic rings. The Hall–Kier alpha value is -1.66. The third kappa shape index (κ3) is 6.31. The molecular formula is C27H34Cl3N3O. The van der Waals surface area contributed by atoms with Crippen molar-refractivity contribution in [3.63, 3.8) is 0 Å². The highest BCUT2D eigenvalue weighted by Gasteiger charge is 2.36. The average molecular weight is 523 g/mol. The average Bonchev–Trinajstić information content (AvgIpc) is 2.85. The van der Waals surface area contributed by atoms with Gasteiger partial charge in [-0.25, -0.2) is 0 Å². The van der Waals surface area contributed by atoms with Crippen LogP contribution in [-0.4, -0.2) is 41.2 Å². The standard InChI is InChI=1S/C27H32ClN3O.2ClH/c28-24-12-10-23(11-13-24)27(32)15-19-31(20-16-27)18-6-14-26(21-29,22-7-2-1-3-8-22)25-9-4-5-17-30-25;;/h1-5,7-13,17,32H,6,14-16,18-21,29H2;2*1H. The number of aliphatic hydroxyl groups is 1. The van der Waals surface area contributed by atoms with Crippen molar-refractivity contribution >= 4 is 36.4 Å². The van der Waals surface area contributed by atoms with Crippen LogP contribution in [-0.2, 0) is 11.0 Å². The van der Waals surface area contributed by atoms with Crippen LogP contribution in [0, 0.1) is 0 Å². The normalized spacial score (nSPS) is 17.1. The second kappa shape index (κ2) is 12.9. The fraction of sp³-hybridized carbons (Fsp3) is 0.370. The van der Waals surface area contributed by atoms with Crippen LogP contribution in [0.15, 0.2) is 79.0 Å². The Bertz CT molecular complexity index is 940. The lowest BCUT2D eigenvalue weighted by Crippen LogP contribution is -2.43. The second-order valence-corrected chi connectivity index (χ2v) is 9.29. The van der Waals surface area contributed by atoms with Crippen LogP contribution in [0.5, 0.6) is 0 Å². The van der Waals surface area contributed by atoms with Gasteiger partial charge in [0.05, 0.1) is 11.3 Å².